The lowest BCUT2D eigenvalue weighted by Gasteiger charge is -2.08. The van der Waals surface area contributed by atoms with E-state index >= 15 is 0 Å². The number of carbonyl (C=O) groups excluding carboxylic acids is 1. The van der Waals surface area contributed by atoms with Crippen LogP contribution in [0.2, 0.25) is 0 Å². The summed E-state index contributed by atoms with van der Waals surface area (Å²) in [7, 11) is 0. The van der Waals surface area contributed by atoms with Gasteiger partial charge in [-0.3, -0.25) is 4.79 Å². The number of halogens is 2. The van der Waals surface area contributed by atoms with E-state index in [0.717, 1.165) is 5.76 Å². The molecule has 1 heterocycles. The van der Waals surface area contributed by atoms with Crippen LogP contribution in [0.1, 0.15) is 5.76 Å². The van der Waals surface area contributed by atoms with Crippen molar-refractivity contribution in [2.24, 2.45) is 0 Å². The quantitative estimate of drug-likeness (QED) is 0.878. The molecule has 0 spiro atoms. The van der Waals surface area contributed by atoms with E-state index in [1.807, 2.05) is 6.07 Å². The summed E-state index contributed by atoms with van der Waals surface area (Å²) in [5, 5.41) is 2.71. The third kappa shape index (κ3) is 4.38. The molecule has 0 aliphatic carbocycles. The zero-order valence-corrected chi connectivity index (χ0v) is 12.2. The topological polar surface area (TPSA) is 51.5 Å². The second-order valence-electron chi connectivity index (χ2n) is 4.04. The molecule has 1 aromatic heterocycles. The fraction of sp³-hybridized carbons (Fsp3) is 0.214. The Morgan fingerprint density at radius 1 is 1.40 bits per heavy atom. The highest BCUT2D eigenvalue weighted by molar-refractivity contribution is 9.10. The first kappa shape index (κ1) is 14.6. The molecular formula is C14H13BrFNO3. The number of nitrogens with one attached hydrogen (secondary N) is 1. The summed E-state index contributed by atoms with van der Waals surface area (Å²) in [5.74, 6) is 0.625. The smallest absolute Gasteiger partial charge is 0.257 e. The summed E-state index contributed by atoms with van der Waals surface area (Å²) < 4.78 is 23.8. The summed E-state index contributed by atoms with van der Waals surface area (Å²) in [4.78, 5) is 11.6. The Labute approximate surface area is 124 Å². The Morgan fingerprint density at radius 3 is 2.95 bits per heavy atom. The van der Waals surface area contributed by atoms with Crippen molar-refractivity contribution in [2.45, 2.75) is 6.42 Å². The molecule has 1 aromatic carbocycles. The average Bonchev–Trinajstić information content (AvgIpc) is 2.91. The molecule has 20 heavy (non-hydrogen) atoms. The van der Waals surface area contributed by atoms with Crippen molar-refractivity contribution >= 4 is 21.8 Å². The number of hydrogen-bond donors (Lipinski definition) is 1. The number of carbonyl (C=O) groups is 1. The van der Waals surface area contributed by atoms with E-state index in [2.05, 4.69) is 21.2 Å². The zero-order valence-electron chi connectivity index (χ0n) is 10.6. The minimum atomic E-state index is -0.368. The predicted molar refractivity (Wildman–Crippen MR) is 75.0 cm³/mol. The van der Waals surface area contributed by atoms with Crippen LogP contribution in [0.4, 0.5) is 4.39 Å². The summed E-state index contributed by atoms with van der Waals surface area (Å²) >= 11 is 3.17. The van der Waals surface area contributed by atoms with Gasteiger partial charge in [0.25, 0.3) is 5.91 Å². The van der Waals surface area contributed by atoms with Gasteiger partial charge in [-0.05, 0) is 46.3 Å². The monoisotopic (exact) mass is 341 g/mol. The summed E-state index contributed by atoms with van der Waals surface area (Å²) in [5.41, 5.74) is 0. The molecule has 0 saturated carbocycles. The molecule has 4 nitrogen and oxygen atoms in total. The highest BCUT2D eigenvalue weighted by Crippen LogP contribution is 2.25. The number of ether oxygens (including phenoxy) is 1. The largest absolute Gasteiger partial charge is 0.483 e. The number of benzene rings is 1. The van der Waals surface area contributed by atoms with Crippen molar-refractivity contribution in [3.05, 3.63) is 52.6 Å². The number of amides is 1. The van der Waals surface area contributed by atoms with Crippen LogP contribution in [0.3, 0.4) is 0 Å². The van der Waals surface area contributed by atoms with E-state index in [0.29, 0.717) is 23.2 Å². The molecule has 0 bridgehead atoms. The lowest BCUT2D eigenvalue weighted by Crippen LogP contribution is -2.30. The van der Waals surface area contributed by atoms with Crippen molar-refractivity contribution < 1.29 is 18.3 Å². The van der Waals surface area contributed by atoms with Crippen molar-refractivity contribution in [2.75, 3.05) is 13.2 Å². The lowest BCUT2D eigenvalue weighted by atomic mass is 10.3. The van der Waals surface area contributed by atoms with Gasteiger partial charge in [0.05, 0.1) is 10.7 Å². The summed E-state index contributed by atoms with van der Waals surface area (Å²) in [6.07, 6.45) is 2.21. The Bertz CT molecular complexity index is 572. The maximum Gasteiger partial charge on any atom is 0.257 e. The third-order valence-corrected chi connectivity index (χ3v) is 3.15. The molecule has 0 saturated heterocycles. The van der Waals surface area contributed by atoms with Gasteiger partial charge in [0, 0.05) is 13.0 Å². The van der Waals surface area contributed by atoms with Gasteiger partial charge in [-0.2, -0.15) is 0 Å². The molecule has 0 fully saturated rings. The van der Waals surface area contributed by atoms with Gasteiger partial charge >= 0.3 is 0 Å². The Hall–Kier alpha value is -1.82. The predicted octanol–water partition coefficient (Wildman–Crippen LogP) is 2.92. The van der Waals surface area contributed by atoms with Crippen molar-refractivity contribution in [1.29, 1.82) is 0 Å². The molecule has 0 aliphatic heterocycles. The first-order valence-corrected chi connectivity index (χ1v) is 6.81. The third-order valence-electron chi connectivity index (χ3n) is 2.53. The molecule has 2 rings (SSSR count). The second kappa shape index (κ2) is 7.09. The molecule has 0 atom stereocenters. The van der Waals surface area contributed by atoms with Crippen molar-refractivity contribution in [3.63, 3.8) is 0 Å². The molecule has 0 unspecified atom stereocenters. The average molecular weight is 342 g/mol. The van der Waals surface area contributed by atoms with Crippen molar-refractivity contribution in [1.82, 2.24) is 5.32 Å². The van der Waals surface area contributed by atoms with Crippen molar-refractivity contribution in [3.8, 4) is 5.75 Å². The van der Waals surface area contributed by atoms with Crippen LogP contribution in [0.5, 0.6) is 5.75 Å². The normalized spacial score (nSPS) is 10.3. The standard InChI is InChI=1S/C14H13BrFNO3/c15-12-8-10(16)3-4-13(12)20-9-14(18)17-6-5-11-2-1-7-19-11/h1-4,7-8H,5-6,9H2,(H,17,18). The molecule has 1 amide bonds. The molecule has 0 aliphatic rings. The fourth-order valence-electron chi connectivity index (χ4n) is 1.57. The van der Waals surface area contributed by atoms with E-state index in [-0.39, 0.29) is 18.3 Å². The maximum absolute atomic E-state index is 12.9. The van der Waals surface area contributed by atoms with Crippen LogP contribution in [-0.2, 0) is 11.2 Å². The fourth-order valence-corrected chi connectivity index (χ4v) is 2.03. The molecule has 2 aromatic rings. The maximum atomic E-state index is 12.9. The van der Waals surface area contributed by atoms with Gasteiger partial charge in [0.1, 0.15) is 17.3 Å². The molecule has 106 valence electrons. The van der Waals surface area contributed by atoms with Crippen LogP contribution in [0.25, 0.3) is 0 Å². The highest BCUT2D eigenvalue weighted by Gasteiger charge is 2.06. The van der Waals surface area contributed by atoms with Crippen LogP contribution < -0.4 is 10.1 Å². The number of furan rings is 1. The van der Waals surface area contributed by atoms with E-state index in [1.165, 1.54) is 18.2 Å². The lowest BCUT2D eigenvalue weighted by molar-refractivity contribution is -0.123. The van der Waals surface area contributed by atoms with Crippen LogP contribution in [0, 0.1) is 5.82 Å². The Morgan fingerprint density at radius 2 is 2.25 bits per heavy atom. The first-order chi connectivity index (χ1) is 9.65. The molecule has 6 heteroatoms. The van der Waals surface area contributed by atoms with Crippen LogP contribution in [0.15, 0.2) is 45.5 Å². The Balaban J connectivity index is 1.72. The van der Waals surface area contributed by atoms with E-state index < -0.39 is 0 Å². The van der Waals surface area contributed by atoms with Gasteiger partial charge < -0.3 is 14.5 Å². The van der Waals surface area contributed by atoms with E-state index in [9.17, 15) is 9.18 Å². The van der Waals surface area contributed by atoms with Crippen LogP contribution in [-0.4, -0.2) is 19.1 Å². The van der Waals surface area contributed by atoms with Crippen LogP contribution >= 0.6 is 15.9 Å². The molecule has 1 N–H and O–H groups in total. The molecular weight excluding hydrogens is 329 g/mol. The minimum Gasteiger partial charge on any atom is -0.483 e. The molecule has 0 radical (unpaired) electrons. The van der Waals surface area contributed by atoms with Gasteiger partial charge in [0.15, 0.2) is 6.61 Å². The van der Waals surface area contributed by atoms with E-state index in [4.69, 9.17) is 9.15 Å². The number of rotatable bonds is 6. The SMILES string of the molecule is O=C(COc1ccc(F)cc1Br)NCCc1ccco1. The highest BCUT2D eigenvalue weighted by atomic mass is 79.9. The van der Waals surface area contributed by atoms with E-state index in [1.54, 1.807) is 12.3 Å². The van der Waals surface area contributed by atoms with Gasteiger partial charge in [-0.15, -0.1) is 0 Å². The second-order valence-corrected chi connectivity index (χ2v) is 4.90. The van der Waals surface area contributed by atoms with Gasteiger partial charge in [-0.25, -0.2) is 4.39 Å². The summed E-state index contributed by atoms with van der Waals surface area (Å²) in [6.45, 7) is 0.350. The number of hydrogen-bond acceptors (Lipinski definition) is 3. The minimum absolute atomic E-state index is 0.123. The zero-order chi connectivity index (χ0) is 14.4. The Kier molecular flexibility index (Phi) is 5.17. The first-order valence-electron chi connectivity index (χ1n) is 6.02. The van der Waals surface area contributed by atoms with Gasteiger partial charge in [-0.1, -0.05) is 0 Å². The summed E-state index contributed by atoms with van der Waals surface area (Å²) in [6, 6.07) is 7.67. The van der Waals surface area contributed by atoms with Gasteiger partial charge in [0.2, 0.25) is 0 Å².